The number of carbonyl (C=O) groups excluding carboxylic acids is 2. The fourth-order valence-corrected chi connectivity index (χ4v) is 4.37. The van der Waals surface area contributed by atoms with E-state index in [0.29, 0.717) is 31.0 Å². The van der Waals surface area contributed by atoms with Crippen molar-refractivity contribution >= 4 is 33.4 Å². The lowest BCUT2D eigenvalue weighted by Crippen LogP contribution is -2.38. The fourth-order valence-electron chi connectivity index (χ4n) is 3.95. The zero-order valence-electron chi connectivity index (χ0n) is 18.7. The molecule has 2 aromatic rings. The van der Waals surface area contributed by atoms with Crippen molar-refractivity contribution in [2.24, 2.45) is 0 Å². The van der Waals surface area contributed by atoms with E-state index in [1.807, 2.05) is 31.2 Å². The van der Waals surface area contributed by atoms with Crippen LogP contribution in [0, 0.1) is 0 Å². The van der Waals surface area contributed by atoms with Crippen LogP contribution in [0.15, 0.2) is 58.6 Å². The van der Waals surface area contributed by atoms with Crippen LogP contribution < -0.4 is 4.74 Å². The monoisotopic (exact) mass is 500 g/mol. The van der Waals surface area contributed by atoms with Gasteiger partial charge in [0, 0.05) is 23.1 Å². The average molecular weight is 501 g/mol. The minimum absolute atomic E-state index is 0.108. The van der Waals surface area contributed by atoms with Gasteiger partial charge >= 0.3 is 0 Å². The zero-order chi connectivity index (χ0) is 23.3. The molecule has 0 saturated carbocycles. The molecule has 32 heavy (non-hydrogen) atoms. The molecule has 1 saturated heterocycles. The third-order valence-electron chi connectivity index (χ3n) is 5.69. The Bertz CT molecular complexity index is 999. The number of aliphatic hydroxyl groups excluding tert-OH is 1. The van der Waals surface area contributed by atoms with Crippen molar-refractivity contribution in [3.63, 3.8) is 0 Å². The first-order valence-corrected chi connectivity index (χ1v) is 11.7. The van der Waals surface area contributed by atoms with Crippen molar-refractivity contribution in [1.82, 2.24) is 9.80 Å². The summed E-state index contributed by atoms with van der Waals surface area (Å²) < 4.78 is 6.30. The van der Waals surface area contributed by atoms with Crippen LogP contribution in [0.2, 0.25) is 0 Å². The number of carbonyl (C=O) groups is 2. The predicted octanol–water partition coefficient (Wildman–Crippen LogP) is 4.61. The molecule has 1 N–H and O–H groups in total. The highest BCUT2D eigenvalue weighted by Crippen LogP contribution is 2.40. The van der Waals surface area contributed by atoms with Crippen LogP contribution in [0.4, 0.5) is 0 Å². The van der Waals surface area contributed by atoms with E-state index in [0.717, 1.165) is 23.1 Å². The highest BCUT2D eigenvalue weighted by atomic mass is 79.9. The van der Waals surface area contributed by atoms with Crippen LogP contribution in [0.25, 0.3) is 5.76 Å². The molecule has 1 heterocycles. The normalized spacial score (nSPS) is 17.9. The van der Waals surface area contributed by atoms with Gasteiger partial charge in [0.05, 0.1) is 18.2 Å². The summed E-state index contributed by atoms with van der Waals surface area (Å²) in [6, 6.07) is 13.7. The second kappa shape index (κ2) is 10.8. The average Bonchev–Trinajstić information content (AvgIpc) is 3.05. The van der Waals surface area contributed by atoms with Gasteiger partial charge in [-0.05, 0) is 62.0 Å². The number of likely N-dealkylation sites (tertiary alicyclic amines) is 1. The van der Waals surface area contributed by atoms with E-state index >= 15 is 0 Å². The number of rotatable bonds is 9. The summed E-state index contributed by atoms with van der Waals surface area (Å²) >= 11 is 3.48. The Morgan fingerprint density at radius 1 is 1.09 bits per heavy atom. The molecule has 1 aliphatic rings. The summed E-state index contributed by atoms with van der Waals surface area (Å²) in [6.07, 6.45) is 0. The third-order valence-corrected chi connectivity index (χ3v) is 6.19. The molecular weight excluding hydrogens is 472 g/mol. The van der Waals surface area contributed by atoms with Crippen molar-refractivity contribution in [1.29, 1.82) is 0 Å². The molecule has 2 aromatic carbocycles. The molecule has 0 spiro atoms. The molecule has 0 aliphatic carbocycles. The number of ketones is 1. The van der Waals surface area contributed by atoms with Gasteiger partial charge in [0.1, 0.15) is 11.5 Å². The SMILES string of the molecule is CCOc1ccc(/C(O)=C2\C(=O)C(=O)N(CCN(CC)CC)[C@@H]2c2cccc(Br)c2)cc1. The maximum Gasteiger partial charge on any atom is 0.295 e. The van der Waals surface area contributed by atoms with Crippen LogP contribution in [0.5, 0.6) is 5.75 Å². The minimum Gasteiger partial charge on any atom is -0.507 e. The molecule has 7 heteroatoms. The smallest absolute Gasteiger partial charge is 0.295 e. The largest absolute Gasteiger partial charge is 0.507 e. The molecule has 0 unspecified atom stereocenters. The summed E-state index contributed by atoms with van der Waals surface area (Å²) in [5, 5.41) is 11.1. The van der Waals surface area contributed by atoms with E-state index in [-0.39, 0.29) is 11.3 Å². The van der Waals surface area contributed by atoms with Crippen LogP contribution in [0.1, 0.15) is 37.9 Å². The highest BCUT2D eigenvalue weighted by Gasteiger charge is 2.46. The quantitative estimate of drug-likeness (QED) is 0.309. The standard InChI is InChI=1S/C25H29BrN2O4/c1-4-27(5-2)14-15-28-22(18-8-7-9-19(26)16-18)21(24(30)25(28)31)23(29)17-10-12-20(13-11-17)32-6-3/h7-13,16,22,29H,4-6,14-15H2,1-3H3/b23-21+/t22-/m1/s1. The highest BCUT2D eigenvalue weighted by molar-refractivity contribution is 9.10. The third kappa shape index (κ3) is 5.05. The summed E-state index contributed by atoms with van der Waals surface area (Å²) in [5.74, 6) is -0.760. The van der Waals surface area contributed by atoms with Crippen LogP contribution in [-0.2, 0) is 9.59 Å². The van der Waals surface area contributed by atoms with Gasteiger partial charge in [0.25, 0.3) is 11.7 Å². The predicted molar refractivity (Wildman–Crippen MR) is 129 cm³/mol. The Balaban J connectivity index is 2.06. The molecule has 0 aromatic heterocycles. The molecular formula is C25H29BrN2O4. The number of halogens is 1. The van der Waals surface area contributed by atoms with Crippen molar-refractivity contribution in [3.05, 3.63) is 69.7 Å². The van der Waals surface area contributed by atoms with Gasteiger partial charge < -0.3 is 19.6 Å². The number of amides is 1. The van der Waals surface area contributed by atoms with Crippen molar-refractivity contribution < 1.29 is 19.4 Å². The Labute approximate surface area is 197 Å². The first-order valence-electron chi connectivity index (χ1n) is 10.9. The fraction of sp³-hybridized carbons (Fsp3) is 0.360. The number of likely N-dealkylation sites (N-methyl/N-ethyl adjacent to an activating group) is 1. The van der Waals surface area contributed by atoms with Crippen molar-refractivity contribution in [2.75, 3.05) is 32.8 Å². The van der Waals surface area contributed by atoms with Crippen LogP contribution in [-0.4, -0.2) is 59.4 Å². The van der Waals surface area contributed by atoms with Gasteiger partial charge in [-0.2, -0.15) is 0 Å². The Morgan fingerprint density at radius 2 is 1.78 bits per heavy atom. The number of hydrogen-bond acceptors (Lipinski definition) is 5. The van der Waals surface area contributed by atoms with Gasteiger partial charge in [-0.1, -0.05) is 41.9 Å². The number of Topliss-reactive ketones (excluding diaryl/α,β-unsaturated/α-hetero) is 1. The number of ether oxygens (including phenoxy) is 1. The second-order valence-corrected chi connectivity index (χ2v) is 8.45. The molecule has 0 radical (unpaired) electrons. The summed E-state index contributed by atoms with van der Waals surface area (Å²) in [5.41, 5.74) is 1.35. The number of aliphatic hydroxyl groups is 1. The molecule has 1 amide bonds. The molecule has 6 nitrogen and oxygen atoms in total. The minimum atomic E-state index is -0.666. The van der Waals surface area contributed by atoms with E-state index < -0.39 is 17.7 Å². The molecule has 0 bridgehead atoms. The van der Waals surface area contributed by atoms with Crippen LogP contribution >= 0.6 is 15.9 Å². The zero-order valence-corrected chi connectivity index (χ0v) is 20.3. The number of nitrogens with zero attached hydrogens (tertiary/aromatic N) is 2. The van der Waals surface area contributed by atoms with Gasteiger partial charge in [-0.3, -0.25) is 9.59 Å². The summed E-state index contributed by atoms with van der Waals surface area (Å²) in [6.45, 7) is 9.31. The molecule has 1 fully saturated rings. The van der Waals surface area contributed by atoms with E-state index in [1.165, 1.54) is 0 Å². The molecule has 170 valence electrons. The Morgan fingerprint density at radius 3 is 2.38 bits per heavy atom. The molecule has 1 atom stereocenters. The molecule has 1 aliphatic heterocycles. The topological polar surface area (TPSA) is 70.1 Å². The van der Waals surface area contributed by atoms with Crippen LogP contribution in [0.3, 0.4) is 0 Å². The molecule has 3 rings (SSSR count). The van der Waals surface area contributed by atoms with E-state index in [2.05, 4.69) is 34.7 Å². The lowest BCUT2D eigenvalue weighted by molar-refractivity contribution is -0.140. The van der Waals surface area contributed by atoms with Crippen molar-refractivity contribution in [3.8, 4) is 5.75 Å². The van der Waals surface area contributed by atoms with E-state index in [4.69, 9.17) is 4.74 Å². The second-order valence-electron chi connectivity index (χ2n) is 7.53. The Hall–Kier alpha value is -2.64. The van der Waals surface area contributed by atoms with Gasteiger partial charge in [-0.15, -0.1) is 0 Å². The van der Waals surface area contributed by atoms with Gasteiger partial charge in [-0.25, -0.2) is 0 Å². The maximum absolute atomic E-state index is 13.1. The number of benzene rings is 2. The lowest BCUT2D eigenvalue weighted by atomic mass is 9.95. The Kier molecular flexibility index (Phi) is 8.10. The van der Waals surface area contributed by atoms with E-state index in [1.54, 1.807) is 29.2 Å². The van der Waals surface area contributed by atoms with Gasteiger partial charge in [0.2, 0.25) is 0 Å². The maximum atomic E-state index is 13.1. The van der Waals surface area contributed by atoms with Gasteiger partial charge in [0.15, 0.2) is 0 Å². The number of hydrogen-bond donors (Lipinski definition) is 1. The lowest BCUT2D eigenvalue weighted by Gasteiger charge is -2.28. The first-order chi connectivity index (χ1) is 15.4. The summed E-state index contributed by atoms with van der Waals surface area (Å²) in [7, 11) is 0. The first kappa shape index (κ1) is 24.0. The summed E-state index contributed by atoms with van der Waals surface area (Å²) in [4.78, 5) is 29.9. The van der Waals surface area contributed by atoms with Crippen molar-refractivity contribution in [2.45, 2.75) is 26.8 Å². The van der Waals surface area contributed by atoms with E-state index in [9.17, 15) is 14.7 Å².